The molecule has 0 bridgehead atoms. The SMILES string of the molecule is CCc1ccc(C(=O)Nc2ccncc2)c(Cl)c1. The Morgan fingerprint density at radius 1 is 1.28 bits per heavy atom. The van der Waals surface area contributed by atoms with Crippen molar-refractivity contribution in [2.75, 3.05) is 5.32 Å². The Labute approximate surface area is 111 Å². The van der Waals surface area contributed by atoms with Gasteiger partial charge in [0, 0.05) is 18.1 Å². The number of pyridine rings is 1. The molecule has 92 valence electrons. The van der Waals surface area contributed by atoms with E-state index in [-0.39, 0.29) is 5.91 Å². The summed E-state index contributed by atoms with van der Waals surface area (Å²) >= 11 is 6.10. The maximum absolute atomic E-state index is 12.0. The first-order valence-electron chi connectivity index (χ1n) is 5.70. The molecule has 2 rings (SSSR count). The van der Waals surface area contributed by atoms with Gasteiger partial charge in [0.25, 0.3) is 5.91 Å². The number of aryl methyl sites for hydroxylation is 1. The van der Waals surface area contributed by atoms with Crippen LogP contribution in [0.25, 0.3) is 0 Å². The van der Waals surface area contributed by atoms with Crippen molar-refractivity contribution in [3.63, 3.8) is 0 Å². The molecule has 0 saturated carbocycles. The summed E-state index contributed by atoms with van der Waals surface area (Å²) in [5.41, 5.74) is 2.29. The molecular weight excluding hydrogens is 248 g/mol. The fourth-order valence-electron chi connectivity index (χ4n) is 1.60. The van der Waals surface area contributed by atoms with Gasteiger partial charge in [0.05, 0.1) is 10.6 Å². The van der Waals surface area contributed by atoms with Gasteiger partial charge in [-0.15, -0.1) is 0 Å². The van der Waals surface area contributed by atoms with Gasteiger partial charge in [-0.1, -0.05) is 24.6 Å². The fourth-order valence-corrected chi connectivity index (χ4v) is 1.89. The number of nitrogens with one attached hydrogen (secondary N) is 1. The molecule has 1 aromatic carbocycles. The van der Waals surface area contributed by atoms with Crippen LogP contribution >= 0.6 is 11.6 Å². The minimum atomic E-state index is -0.214. The standard InChI is InChI=1S/C14H13ClN2O/c1-2-10-3-4-12(13(15)9-10)14(18)17-11-5-7-16-8-6-11/h3-9H,2H2,1H3,(H,16,17,18). The molecule has 0 spiro atoms. The molecule has 0 aliphatic rings. The maximum Gasteiger partial charge on any atom is 0.257 e. The zero-order chi connectivity index (χ0) is 13.0. The summed E-state index contributed by atoms with van der Waals surface area (Å²) in [6.07, 6.45) is 4.14. The molecule has 0 unspecified atom stereocenters. The van der Waals surface area contributed by atoms with Gasteiger partial charge in [-0.05, 0) is 36.2 Å². The topological polar surface area (TPSA) is 42.0 Å². The Bertz CT molecular complexity index is 555. The van der Waals surface area contributed by atoms with E-state index < -0.39 is 0 Å². The molecule has 0 aliphatic heterocycles. The van der Waals surface area contributed by atoms with Crippen LogP contribution in [0.1, 0.15) is 22.8 Å². The summed E-state index contributed by atoms with van der Waals surface area (Å²) in [7, 11) is 0. The van der Waals surface area contributed by atoms with E-state index in [4.69, 9.17) is 11.6 Å². The van der Waals surface area contributed by atoms with Crippen molar-refractivity contribution in [1.82, 2.24) is 4.98 Å². The van der Waals surface area contributed by atoms with Gasteiger partial charge in [0.2, 0.25) is 0 Å². The van der Waals surface area contributed by atoms with Crippen molar-refractivity contribution in [1.29, 1.82) is 0 Å². The second-order valence-corrected chi connectivity index (χ2v) is 4.26. The highest BCUT2D eigenvalue weighted by atomic mass is 35.5. The zero-order valence-electron chi connectivity index (χ0n) is 9.98. The number of hydrogen-bond acceptors (Lipinski definition) is 2. The molecule has 2 aromatic rings. The van der Waals surface area contributed by atoms with Crippen LogP contribution in [-0.4, -0.2) is 10.9 Å². The average molecular weight is 261 g/mol. The van der Waals surface area contributed by atoms with Gasteiger partial charge < -0.3 is 5.32 Å². The zero-order valence-corrected chi connectivity index (χ0v) is 10.7. The van der Waals surface area contributed by atoms with Crippen LogP contribution in [0.15, 0.2) is 42.7 Å². The highest BCUT2D eigenvalue weighted by Crippen LogP contribution is 2.19. The van der Waals surface area contributed by atoms with Crippen molar-refractivity contribution in [3.8, 4) is 0 Å². The van der Waals surface area contributed by atoms with Crippen molar-refractivity contribution in [2.24, 2.45) is 0 Å². The van der Waals surface area contributed by atoms with E-state index in [1.54, 1.807) is 30.6 Å². The first kappa shape index (κ1) is 12.6. The van der Waals surface area contributed by atoms with E-state index in [2.05, 4.69) is 10.3 Å². The third-order valence-electron chi connectivity index (χ3n) is 2.62. The Morgan fingerprint density at radius 2 is 2.00 bits per heavy atom. The van der Waals surface area contributed by atoms with E-state index in [9.17, 15) is 4.79 Å². The van der Waals surface area contributed by atoms with E-state index in [0.29, 0.717) is 16.3 Å². The minimum Gasteiger partial charge on any atom is -0.322 e. The lowest BCUT2D eigenvalue weighted by Crippen LogP contribution is -2.12. The average Bonchev–Trinajstić information content (AvgIpc) is 2.39. The van der Waals surface area contributed by atoms with Crippen molar-refractivity contribution < 1.29 is 4.79 Å². The van der Waals surface area contributed by atoms with Crippen LogP contribution < -0.4 is 5.32 Å². The number of amides is 1. The van der Waals surface area contributed by atoms with Crippen LogP contribution in [0.5, 0.6) is 0 Å². The van der Waals surface area contributed by atoms with Gasteiger partial charge >= 0.3 is 0 Å². The second kappa shape index (κ2) is 5.65. The molecule has 1 N–H and O–H groups in total. The van der Waals surface area contributed by atoms with Crippen LogP contribution in [0, 0.1) is 0 Å². The predicted molar refractivity (Wildman–Crippen MR) is 73.0 cm³/mol. The normalized spacial score (nSPS) is 10.1. The molecule has 4 heteroatoms. The van der Waals surface area contributed by atoms with E-state index >= 15 is 0 Å². The number of hydrogen-bond donors (Lipinski definition) is 1. The summed E-state index contributed by atoms with van der Waals surface area (Å²) in [4.78, 5) is 15.9. The Morgan fingerprint density at radius 3 is 2.61 bits per heavy atom. The van der Waals surface area contributed by atoms with E-state index in [0.717, 1.165) is 12.0 Å². The van der Waals surface area contributed by atoms with Gasteiger partial charge in [-0.25, -0.2) is 0 Å². The number of aromatic nitrogens is 1. The quantitative estimate of drug-likeness (QED) is 0.917. The molecule has 3 nitrogen and oxygen atoms in total. The lowest BCUT2D eigenvalue weighted by Gasteiger charge is -2.07. The third kappa shape index (κ3) is 2.87. The summed E-state index contributed by atoms with van der Waals surface area (Å²) in [5.74, 6) is -0.214. The largest absolute Gasteiger partial charge is 0.322 e. The summed E-state index contributed by atoms with van der Waals surface area (Å²) in [5, 5.41) is 3.25. The van der Waals surface area contributed by atoms with Gasteiger partial charge in [0.1, 0.15) is 0 Å². The number of carbonyl (C=O) groups excluding carboxylic acids is 1. The number of nitrogens with zero attached hydrogens (tertiary/aromatic N) is 1. The van der Waals surface area contributed by atoms with Crippen LogP contribution in [0.2, 0.25) is 5.02 Å². The minimum absolute atomic E-state index is 0.214. The molecule has 1 amide bonds. The second-order valence-electron chi connectivity index (χ2n) is 3.86. The lowest BCUT2D eigenvalue weighted by molar-refractivity contribution is 0.102. The number of benzene rings is 1. The summed E-state index contributed by atoms with van der Waals surface area (Å²) in [6.45, 7) is 2.04. The highest BCUT2D eigenvalue weighted by Gasteiger charge is 2.10. The molecule has 0 fully saturated rings. The highest BCUT2D eigenvalue weighted by molar-refractivity contribution is 6.34. The smallest absolute Gasteiger partial charge is 0.257 e. The molecule has 1 aromatic heterocycles. The lowest BCUT2D eigenvalue weighted by atomic mass is 10.1. The number of halogens is 1. The fraction of sp³-hybridized carbons (Fsp3) is 0.143. The van der Waals surface area contributed by atoms with Crippen LogP contribution in [0.4, 0.5) is 5.69 Å². The predicted octanol–water partition coefficient (Wildman–Crippen LogP) is 3.55. The Hall–Kier alpha value is -1.87. The van der Waals surface area contributed by atoms with Gasteiger partial charge in [-0.2, -0.15) is 0 Å². The molecular formula is C14H13ClN2O. The van der Waals surface area contributed by atoms with Crippen LogP contribution in [0.3, 0.4) is 0 Å². The summed E-state index contributed by atoms with van der Waals surface area (Å²) < 4.78 is 0. The first-order valence-corrected chi connectivity index (χ1v) is 6.08. The van der Waals surface area contributed by atoms with Crippen molar-refractivity contribution >= 4 is 23.2 Å². The van der Waals surface area contributed by atoms with E-state index in [1.165, 1.54) is 0 Å². The van der Waals surface area contributed by atoms with Gasteiger partial charge in [0.15, 0.2) is 0 Å². The number of anilines is 1. The van der Waals surface area contributed by atoms with Gasteiger partial charge in [-0.3, -0.25) is 9.78 Å². The van der Waals surface area contributed by atoms with Crippen LogP contribution in [-0.2, 0) is 6.42 Å². The first-order chi connectivity index (χ1) is 8.70. The summed E-state index contributed by atoms with van der Waals surface area (Å²) in [6, 6.07) is 8.94. The van der Waals surface area contributed by atoms with Crippen molar-refractivity contribution in [2.45, 2.75) is 13.3 Å². The monoisotopic (exact) mass is 260 g/mol. The molecule has 0 saturated heterocycles. The van der Waals surface area contributed by atoms with E-state index in [1.807, 2.05) is 19.1 Å². The molecule has 1 heterocycles. The molecule has 0 atom stereocenters. The Balaban J connectivity index is 2.19. The third-order valence-corrected chi connectivity index (χ3v) is 2.94. The maximum atomic E-state index is 12.0. The molecule has 0 radical (unpaired) electrons. The molecule has 18 heavy (non-hydrogen) atoms. The number of carbonyl (C=O) groups is 1. The van der Waals surface area contributed by atoms with Crippen molar-refractivity contribution in [3.05, 3.63) is 58.9 Å². The molecule has 0 aliphatic carbocycles. The number of rotatable bonds is 3. The Kier molecular flexibility index (Phi) is 3.95.